The molecule has 0 saturated carbocycles. The van der Waals surface area contributed by atoms with Crippen LogP contribution in [0.2, 0.25) is 0 Å². The lowest BCUT2D eigenvalue weighted by atomic mass is 10.1. The Bertz CT molecular complexity index is 441. The molecule has 0 unspecified atom stereocenters. The van der Waals surface area contributed by atoms with E-state index in [1.54, 1.807) is 11.0 Å². The van der Waals surface area contributed by atoms with Crippen molar-refractivity contribution in [1.29, 1.82) is 0 Å². The van der Waals surface area contributed by atoms with Crippen molar-refractivity contribution < 1.29 is 4.79 Å². The van der Waals surface area contributed by atoms with Gasteiger partial charge in [0.05, 0.1) is 0 Å². The Balaban J connectivity index is 2.21. The summed E-state index contributed by atoms with van der Waals surface area (Å²) in [5.74, 6) is -0.0694. The van der Waals surface area contributed by atoms with Gasteiger partial charge in [-0.2, -0.15) is 0 Å². The van der Waals surface area contributed by atoms with Gasteiger partial charge in [0.15, 0.2) is 0 Å². The van der Waals surface area contributed by atoms with Crippen LogP contribution < -0.4 is 10.9 Å². The van der Waals surface area contributed by atoms with Gasteiger partial charge in [0.2, 0.25) is 5.56 Å². The van der Waals surface area contributed by atoms with Gasteiger partial charge in [0.1, 0.15) is 0 Å². The molecular formula is C11H15N3O2. The van der Waals surface area contributed by atoms with Crippen molar-refractivity contribution in [3.05, 3.63) is 34.2 Å². The smallest absolute Gasteiger partial charge is 0.254 e. The second kappa shape index (κ2) is 4.49. The maximum absolute atomic E-state index is 12.1. The van der Waals surface area contributed by atoms with E-state index < -0.39 is 0 Å². The van der Waals surface area contributed by atoms with Gasteiger partial charge >= 0.3 is 0 Å². The van der Waals surface area contributed by atoms with E-state index >= 15 is 0 Å². The summed E-state index contributed by atoms with van der Waals surface area (Å²) in [6, 6.07) is 3.15. The number of amides is 1. The highest BCUT2D eigenvalue weighted by molar-refractivity contribution is 5.94. The Morgan fingerprint density at radius 1 is 1.56 bits per heavy atom. The van der Waals surface area contributed by atoms with Gasteiger partial charge < -0.3 is 15.2 Å². The van der Waals surface area contributed by atoms with Crippen molar-refractivity contribution >= 4 is 5.91 Å². The molecule has 0 aliphatic carbocycles. The molecule has 0 spiro atoms. The van der Waals surface area contributed by atoms with Crippen LogP contribution in [0.3, 0.4) is 0 Å². The van der Waals surface area contributed by atoms with Crippen LogP contribution in [0.15, 0.2) is 23.1 Å². The molecule has 5 nitrogen and oxygen atoms in total. The summed E-state index contributed by atoms with van der Waals surface area (Å²) >= 11 is 0. The number of hydrogen-bond donors (Lipinski definition) is 2. The Hall–Kier alpha value is -1.62. The number of carbonyl (C=O) groups is 1. The van der Waals surface area contributed by atoms with Crippen LogP contribution in [0.4, 0.5) is 0 Å². The van der Waals surface area contributed by atoms with Crippen molar-refractivity contribution in [3.8, 4) is 0 Å². The number of pyridine rings is 1. The van der Waals surface area contributed by atoms with Crippen LogP contribution in [0.25, 0.3) is 0 Å². The van der Waals surface area contributed by atoms with Gasteiger partial charge in [-0.3, -0.25) is 9.59 Å². The molecule has 1 aromatic heterocycles. The average molecular weight is 221 g/mol. The second-order valence-electron chi connectivity index (χ2n) is 3.99. The molecule has 2 rings (SSSR count). The zero-order valence-electron chi connectivity index (χ0n) is 9.19. The third-order valence-electron chi connectivity index (χ3n) is 2.78. The van der Waals surface area contributed by atoms with Gasteiger partial charge in [-0.15, -0.1) is 0 Å². The summed E-state index contributed by atoms with van der Waals surface area (Å²) in [4.78, 5) is 27.5. The molecule has 2 heterocycles. The zero-order chi connectivity index (χ0) is 11.5. The molecule has 1 saturated heterocycles. The Morgan fingerprint density at radius 2 is 2.38 bits per heavy atom. The number of rotatable bonds is 1. The first kappa shape index (κ1) is 10.9. The van der Waals surface area contributed by atoms with Crippen molar-refractivity contribution in [1.82, 2.24) is 15.2 Å². The molecule has 1 amide bonds. The quantitative estimate of drug-likeness (QED) is 0.690. The number of aromatic nitrogens is 1. The first-order valence-electron chi connectivity index (χ1n) is 5.39. The Labute approximate surface area is 93.5 Å². The van der Waals surface area contributed by atoms with Crippen molar-refractivity contribution in [2.45, 2.75) is 13.0 Å². The lowest BCUT2D eigenvalue weighted by molar-refractivity contribution is 0.0655. The maximum atomic E-state index is 12.1. The van der Waals surface area contributed by atoms with Crippen LogP contribution in [0.1, 0.15) is 17.3 Å². The summed E-state index contributed by atoms with van der Waals surface area (Å²) in [7, 11) is 0. The summed E-state index contributed by atoms with van der Waals surface area (Å²) in [5, 5.41) is 3.22. The van der Waals surface area contributed by atoms with E-state index in [9.17, 15) is 9.59 Å². The molecule has 86 valence electrons. The van der Waals surface area contributed by atoms with E-state index in [1.807, 2.05) is 6.92 Å². The minimum atomic E-state index is -0.242. The first-order valence-corrected chi connectivity index (χ1v) is 5.39. The van der Waals surface area contributed by atoms with E-state index in [2.05, 4.69) is 10.3 Å². The highest BCUT2D eigenvalue weighted by Crippen LogP contribution is 2.08. The maximum Gasteiger partial charge on any atom is 0.254 e. The van der Waals surface area contributed by atoms with Crippen molar-refractivity contribution in [2.24, 2.45) is 0 Å². The Kier molecular flexibility index (Phi) is 3.05. The standard InChI is InChI=1S/C11H15N3O2/c1-8-7-12-4-5-14(8)11(16)9-2-3-13-10(15)6-9/h2-3,6,8,12H,4-5,7H2,1H3,(H,13,15)/t8-/m0/s1. The molecule has 1 atom stereocenters. The van der Waals surface area contributed by atoms with Crippen LogP contribution in [0, 0.1) is 0 Å². The molecule has 5 heteroatoms. The topological polar surface area (TPSA) is 65.2 Å². The van der Waals surface area contributed by atoms with Gasteiger partial charge in [-0.1, -0.05) is 0 Å². The summed E-state index contributed by atoms with van der Waals surface area (Å²) < 4.78 is 0. The van der Waals surface area contributed by atoms with Gasteiger partial charge in [-0.25, -0.2) is 0 Å². The van der Waals surface area contributed by atoms with Gasteiger partial charge in [-0.05, 0) is 13.0 Å². The molecule has 0 aromatic carbocycles. The molecule has 0 radical (unpaired) electrons. The third kappa shape index (κ3) is 2.14. The van der Waals surface area contributed by atoms with E-state index in [0.717, 1.165) is 13.1 Å². The molecule has 1 fully saturated rings. The van der Waals surface area contributed by atoms with E-state index in [0.29, 0.717) is 12.1 Å². The fraction of sp³-hybridized carbons (Fsp3) is 0.455. The van der Waals surface area contributed by atoms with Crippen molar-refractivity contribution in [3.63, 3.8) is 0 Å². The molecule has 16 heavy (non-hydrogen) atoms. The number of hydrogen-bond acceptors (Lipinski definition) is 3. The van der Waals surface area contributed by atoms with Gasteiger partial charge in [0.25, 0.3) is 5.91 Å². The third-order valence-corrected chi connectivity index (χ3v) is 2.78. The summed E-state index contributed by atoms with van der Waals surface area (Å²) in [6.07, 6.45) is 1.50. The number of piperazine rings is 1. The highest BCUT2D eigenvalue weighted by Gasteiger charge is 2.23. The molecule has 1 aliphatic rings. The molecule has 0 bridgehead atoms. The van der Waals surface area contributed by atoms with Gasteiger partial charge in [0, 0.05) is 43.5 Å². The number of H-pyrrole nitrogens is 1. The molecular weight excluding hydrogens is 206 g/mol. The number of aromatic amines is 1. The van der Waals surface area contributed by atoms with E-state index in [4.69, 9.17) is 0 Å². The predicted molar refractivity (Wildman–Crippen MR) is 60.4 cm³/mol. The van der Waals surface area contributed by atoms with Crippen LogP contribution in [0.5, 0.6) is 0 Å². The van der Waals surface area contributed by atoms with Crippen molar-refractivity contribution in [2.75, 3.05) is 19.6 Å². The fourth-order valence-corrected chi connectivity index (χ4v) is 1.89. The number of carbonyl (C=O) groups excluding carboxylic acids is 1. The van der Waals surface area contributed by atoms with Crippen LogP contribution >= 0.6 is 0 Å². The van der Waals surface area contributed by atoms with E-state index in [1.165, 1.54) is 12.3 Å². The normalized spacial score (nSPS) is 20.8. The lowest BCUT2D eigenvalue weighted by Gasteiger charge is -2.33. The monoisotopic (exact) mass is 221 g/mol. The molecule has 1 aromatic rings. The minimum absolute atomic E-state index is 0.0694. The molecule has 1 aliphatic heterocycles. The van der Waals surface area contributed by atoms with Crippen LogP contribution in [-0.2, 0) is 0 Å². The first-order chi connectivity index (χ1) is 7.68. The molecule has 2 N–H and O–H groups in total. The van der Waals surface area contributed by atoms with Crippen LogP contribution in [-0.4, -0.2) is 41.5 Å². The summed E-state index contributed by atoms with van der Waals surface area (Å²) in [6.45, 7) is 4.29. The second-order valence-corrected chi connectivity index (χ2v) is 3.99. The predicted octanol–water partition coefficient (Wildman–Crippen LogP) is -0.191. The fourth-order valence-electron chi connectivity index (χ4n) is 1.89. The summed E-state index contributed by atoms with van der Waals surface area (Å²) in [5.41, 5.74) is 0.214. The largest absolute Gasteiger partial charge is 0.333 e. The minimum Gasteiger partial charge on any atom is -0.333 e. The zero-order valence-corrected chi connectivity index (χ0v) is 9.19. The number of nitrogens with zero attached hydrogens (tertiary/aromatic N) is 1. The Morgan fingerprint density at radius 3 is 3.06 bits per heavy atom. The highest BCUT2D eigenvalue weighted by atomic mass is 16.2. The SMILES string of the molecule is C[C@H]1CNCCN1C(=O)c1cc[nH]c(=O)c1. The van der Waals surface area contributed by atoms with E-state index in [-0.39, 0.29) is 17.5 Å². The lowest BCUT2D eigenvalue weighted by Crippen LogP contribution is -2.52. The number of nitrogens with one attached hydrogen (secondary N) is 2. The average Bonchev–Trinajstić information content (AvgIpc) is 2.29.